The highest BCUT2D eigenvalue weighted by Gasteiger charge is 2.19. The first kappa shape index (κ1) is 18.3. The zero-order chi connectivity index (χ0) is 16.5. The van der Waals surface area contributed by atoms with Crippen molar-refractivity contribution in [2.24, 2.45) is 0 Å². The van der Waals surface area contributed by atoms with E-state index in [-0.39, 0.29) is 17.5 Å². The van der Waals surface area contributed by atoms with Gasteiger partial charge in [-0.1, -0.05) is 19.9 Å². The van der Waals surface area contributed by atoms with Crippen LogP contribution in [0.1, 0.15) is 32.3 Å². The third-order valence-electron chi connectivity index (χ3n) is 3.59. The minimum Gasteiger partial charge on any atom is -0.383 e. The predicted molar refractivity (Wildman–Crippen MR) is 83.4 cm³/mol. The zero-order valence-corrected chi connectivity index (χ0v) is 13.3. The van der Waals surface area contributed by atoms with Crippen LogP contribution in [0.4, 0.5) is 8.78 Å². The Bertz CT molecular complexity index is 493. The lowest BCUT2D eigenvalue weighted by Gasteiger charge is -2.29. The van der Waals surface area contributed by atoms with Crippen LogP contribution in [0, 0.1) is 11.6 Å². The lowest BCUT2D eigenvalue weighted by Crippen LogP contribution is -2.40. The molecule has 122 valence electrons. The molecule has 0 N–H and O–H groups in total. The van der Waals surface area contributed by atoms with Crippen molar-refractivity contribution in [3.63, 3.8) is 0 Å². The Labute approximate surface area is 130 Å². The number of rotatable bonds is 8. The Balaban J connectivity index is 2.92. The molecule has 0 aliphatic heterocycles. The normalized spacial score (nSPS) is 11.4. The molecule has 3 nitrogen and oxygen atoms in total. The molecule has 1 aromatic rings. The molecular weight excluding hydrogens is 288 g/mol. The van der Waals surface area contributed by atoms with Gasteiger partial charge in [0.25, 0.3) is 0 Å². The van der Waals surface area contributed by atoms with Gasteiger partial charge in [-0.25, -0.2) is 8.78 Å². The second-order valence-corrected chi connectivity index (χ2v) is 4.96. The summed E-state index contributed by atoms with van der Waals surface area (Å²) in [7, 11) is 1.57. The highest BCUT2D eigenvalue weighted by Crippen LogP contribution is 2.15. The first-order valence-electron chi connectivity index (χ1n) is 7.46. The molecule has 0 aromatic heterocycles. The van der Waals surface area contributed by atoms with Gasteiger partial charge in [0.05, 0.1) is 6.61 Å². The SMILES string of the molecule is CCC(CC)N(CCOC)C(=O)/C=C/c1c(F)cccc1F. The first-order chi connectivity index (χ1) is 10.5. The van der Waals surface area contributed by atoms with Crippen molar-refractivity contribution < 1.29 is 18.3 Å². The first-order valence-corrected chi connectivity index (χ1v) is 7.46. The standard InChI is InChI=1S/C17H23F2NO2/c1-4-13(5-2)20(11-12-22-3)17(21)10-9-14-15(18)7-6-8-16(14)19/h6-10,13H,4-5,11-12H2,1-3H3/b10-9+. The fourth-order valence-corrected chi connectivity index (χ4v) is 2.31. The third-order valence-corrected chi connectivity index (χ3v) is 3.59. The van der Waals surface area contributed by atoms with E-state index >= 15 is 0 Å². The summed E-state index contributed by atoms with van der Waals surface area (Å²) < 4.78 is 32.1. The minimum atomic E-state index is -0.685. The fourth-order valence-electron chi connectivity index (χ4n) is 2.31. The number of amides is 1. The summed E-state index contributed by atoms with van der Waals surface area (Å²) in [6.07, 6.45) is 4.03. The molecule has 0 saturated carbocycles. The number of nitrogens with zero attached hydrogens (tertiary/aromatic N) is 1. The summed E-state index contributed by atoms with van der Waals surface area (Å²) in [5, 5.41) is 0. The van der Waals surface area contributed by atoms with Crippen LogP contribution in [0.25, 0.3) is 6.08 Å². The molecule has 0 atom stereocenters. The van der Waals surface area contributed by atoms with E-state index in [2.05, 4.69) is 0 Å². The molecule has 0 saturated heterocycles. The van der Waals surface area contributed by atoms with Crippen LogP contribution in [0.15, 0.2) is 24.3 Å². The van der Waals surface area contributed by atoms with E-state index in [1.54, 1.807) is 12.0 Å². The number of benzene rings is 1. The molecule has 1 rings (SSSR count). The van der Waals surface area contributed by atoms with Gasteiger partial charge in [0.2, 0.25) is 5.91 Å². The van der Waals surface area contributed by atoms with Gasteiger partial charge in [-0.3, -0.25) is 4.79 Å². The summed E-state index contributed by atoms with van der Waals surface area (Å²) in [5.74, 6) is -1.64. The van der Waals surface area contributed by atoms with E-state index in [0.29, 0.717) is 13.2 Å². The van der Waals surface area contributed by atoms with Crippen molar-refractivity contribution >= 4 is 12.0 Å². The minimum absolute atomic E-state index is 0.0813. The maximum atomic E-state index is 13.6. The molecular formula is C17H23F2NO2. The average Bonchev–Trinajstić information content (AvgIpc) is 2.50. The number of halogens is 2. The van der Waals surface area contributed by atoms with E-state index in [9.17, 15) is 13.6 Å². The van der Waals surface area contributed by atoms with Gasteiger partial charge in [-0.15, -0.1) is 0 Å². The van der Waals surface area contributed by atoms with Gasteiger partial charge in [-0.05, 0) is 31.1 Å². The van der Waals surface area contributed by atoms with Gasteiger partial charge in [-0.2, -0.15) is 0 Å². The fraction of sp³-hybridized carbons (Fsp3) is 0.471. The number of carbonyl (C=O) groups is 1. The third kappa shape index (κ3) is 4.91. The molecule has 0 aliphatic carbocycles. The molecule has 0 aliphatic rings. The van der Waals surface area contributed by atoms with E-state index in [1.165, 1.54) is 18.2 Å². The molecule has 0 unspecified atom stereocenters. The highest BCUT2D eigenvalue weighted by atomic mass is 19.1. The molecule has 22 heavy (non-hydrogen) atoms. The summed E-state index contributed by atoms with van der Waals surface area (Å²) >= 11 is 0. The van der Waals surface area contributed by atoms with Crippen LogP contribution in [-0.2, 0) is 9.53 Å². The van der Waals surface area contributed by atoms with E-state index in [4.69, 9.17) is 4.74 Å². The molecule has 0 bridgehead atoms. The second kappa shape index (κ2) is 9.30. The van der Waals surface area contributed by atoms with E-state index < -0.39 is 11.6 Å². The molecule has 1 aromatic carbocycles. The number of hydrogen-bond donors (Lipinski definition) is 0. The zero-order valence-electron chi connectivity index (χ0n) is 13.3. The van der Waals surface area contributed by atoms with Gasteiger partial charge >= 0.3 is 0 Å². The van der Waals surface area contributed by atoms with Crippen LogP contribution in [0.5, 0.6) is 0 Å². The maximum absolute atomic E-state index is 13.6. The summed E-state index contributed by atoms with van der Waals surface area (Å²) in [6.45, 7) is 4.87. The molecule has 5 heteroatoms. The van der Waals surface area contributed by atoms with Crippen LogP contribution in [0.2, 0.25) is 0 Å². The average molecular weight is 311 g/mol. The molecule has 0 heterocycles. The van der Waals surface area contributed by atoms with Crippen molar-refractivity contribution in [3.8, 4) is 0 Å². The lowest BCUT2D eigenvalue weighted by molar-refractivity contribution is -0.129. The maximum Gasteiger partial charge on any atom is 0.246 e. The predicted octanol–water partition coefficient (Wildman–Crippen LogP) is 3.64. The van der Waals surface area contributed by atoms with Crippen molar-refractivity contribution in [1.29, 1.82) is 0 Å². The summed E-state index contributed by atoms with van der Waals surface area (Å²) in [4.78, 5) is 14.0. The number of ether oxygens (including phenoxy) is 1. The molecule has 0 spiro atoms. The van der Waals surface area contributed by atoms with Crippen molar-refractivity contribution in [1.82, 2.24) is 4.90 Å². The van der Waals surface area contributed by atoms with Gasteiger partial charge < -0.3 is 9.64 Å². The van der Waals surface area contributed by atoms with Crippen molar-refractivity contribution in [2.75, 3.05) is 20.3 Å². The van der Waals surface area contributed by atoms with Gasteiger partial charge in [0.1, 0.15) is 11.6 Å². The van der Waals surface area contributed by atoms with E-state index in [1.807, 2.05) is 13.8 Å². The number of hydrogen-bond acceptors (Lipinski definition) is 2. The van der Waals surface area contributed by atoms with Gasteiger partial charge in [0, 0.05) is 31.3 Å². The second-order valence-electron chi connectivity index (χ2n) is 4.96. The number of carbonyl (C=O) groups excluding carboxylic acids is 1. The van der Waals surface area contributed by atoms with Crippen LogP contribution >= 0.6 is 0 Å². The smallest absolute Gasteiger partial charge is 0.246 e. The Morgan fingerprint density at radius 3 is 2.36 bits per heavy atom. The lowest BCUT2D eigenvalue weighted by atomic mass is 10.1. The summed E-state index contributed by atoms with van der Waals surface area (Å²) in [5.41, 5.74) is -0.202. The van der Waals surface area contributed by atoms with Crippen molar-refractivity contribution in [2.45, 2.75) is 32.7 Å². The van der Waals surface area contributed by atoms with Crippen LogP contribution < -0.4 is 0 Å². The van der Waals surface area contributed by atoms with Crippen LogP contribution in [0.3, 0.4) is 0 Å². The summed E-state index contributed by atoms with van der Waals surface area (Å²) in [6, 6.07) is 3.70. The Morgan fingerprint density at radius 1 is 1.27 bits per heavy atom. The largest absolute Gasteiger partial charge is 0.383 e. The van der Waals surface area contributed by atoms with Crippen LogP contribution in [-0.4, -0.2) is 37.1 Å². The van der Waals surface area contributed by atoms with Crippen molar-refractivity contribution in [3.05, 3.63) is 41.5 Å². The molecule has 0 fully saturated rings. The highest BCUT2D eigenvalue weighted by molar-refractivity contribution is 5.92. The monoisotopic (exact) mass is 311 g/mol. The van der Waals surface area contributed by atoms with E-state index in [0.717, 1.165) is 25.0 Å². The molecule has 1 amide bonds. The quantitative estimate of drug-likeness (QED) is 0.686. The Kier molecular flexibility index (Phi) is 7.74. The number of methoxy groups -OCH3 is 1. The Morgan fingerprint density at radius 2 is 1.86 bits per heavy atom. The van der Waals surface area contributed by atoms with Gasteiger partial charge in [0.15, 0.2) is 0 Å². The topological polar surface area (TPSA) is 29.5 Å². The molecule has 0 radical (unpaired) electrons. The Hall–Kier alpha value is -1.75.